The topological polar surface area (TPSA) is 66.6 Å². The Bertz CT molecular complexity index is 642. The van der Waals surface area contributed by atoms with Gasteiger partial charge in [-0.1, -0.05) is 19.4 Å². The third-order valence-corrected chi connectivity index (χ3v) is 4.50. The van der Waals surface area contributed by atoms with Gasteiger partial charge in [0.15, 0.2) is 11.5 Å². The first-order chi connectivity index (χ1) is 10.2. The molecule has 5 heteroatoms. The number of carboxylic acid groups (broad SMARTS) is 1. The van der Waals surface area contributed by atoms with Crippen LogP contribution in [0.15, 0.2) is 24.4 Å². The Labute approximate surface area is 124 Å². The molecule has 2 aromatic heterocycles. The van der Waals surface area contributed by atoms with E-state index in [9.17, 15) is 9.90 Å². The van der Waals surface area contributed by atoms with E-state index in [1.807, 2.05) is 18.2 Å². The van der Waals surface area contributed by atoms with E-state index in [4.69, 9.17) is 0 Å². The van der Waals surface area contributed by atoms with Gasteiger partial charge in [0.05, 0.1) is 0 Å². The average molecular weight is 287 g/mol. The van der Waals surface area contributed by atoms with Crippen LogP contribution in [0.25, 0.3) is 5.65 Å². The monoisotopic (exact) mass is 287 g/mol. The summed E-state index contributed by atoms with van der Waals surface area (Å²) in [6.07, 6.45) is 7.58. The van der Waals surface area contributed by atoms with Gasteiger partial charge in [-0.2, -0.15) is 0 Å². The van der Waals surface area contributed by atoms with E-state index in [0.29, 0.717) is 17.5 Å². The molecule has 0 saturated heterocycles. The van der Waals surface area contributed by atoms with Gasteiger partial charge in [0.1, 0.15) is 5.65 Å². The minimum absolute atomic E-state index is 0.225. The zero-order valence-electron chi connectivity index (χ0n) is 12.2. The highest BCUT2D eigenvalue weighted by atomic mass is 16.4. The van der Waals surface area contributed by atoms with Crippen LogP contribution < -0.4 is 5.32 Å². The lowest BCUT2D eigenvalue weighted by atomic mass is 9.84. The number of aromatic carboxylic acids is 1. The van der Waals surface area contributed by atoms with Crippen molar-refractivity contribution in [1.29, 1.82) is 0 Å². The molecule has 2 N–H and O–H groups in total. The van der Waals surface area contributed by atoms with Gasteiger partial charge in [-0.15, -0.1) is 0 Å². The van der Waals surface area contributed by atoms with E-state index in [0.717, 1.165) is 18.8 Å². The number of anilines is 1. The average Bonchev–Trinajstić information content (AvgIpc) is 2.86. The smallest absolute Gasteiger partial charge is 0.356 e. The highest BCUT2D eigenvalue weighted by molar-refractivity contribution is 5.93. The summed E-state index contributed by atoms with van der Waals surface area (Å²) in [5.41, 5.74) is 0.892. The molecular formula is C16H21N3O2. The number of rotatable bonds is 4. The quantitative estimate of drug-likeness (QED) is 0.904. The molecule has 0 unspecified atom stereocenters. The number of nitrogens with one attached hydrogen (secondary N) is 1. The van der Waals surface area contributed by atoms with Gasteiger partial charge in [0.25, 0.3) is 0 Å². The molecule has 5 nitrogen and oxygen atoms in total. The lowest BCUT2D eigenvalue weighted by Crippen LogP contribution is -2.27. The first kappa shape index (κ1) is 13.9. The molecule has 2 aromatic rings. The second-order valence-electron chi connectivity index (χ2n) is 5.81. The van der Waals surface area contributed by atoms with Crippen molar-refractivity contribution in [3.63, 3.8) is 0 Å². The molecular weight excluding hydrogens is 266 g/mol. The molecule has 3 rings (SSSR count). The van der Waals surface area contributed by atoms with E-state index < -0.39 is 5.97 Å². The van der Waals surface area contributed by atoms with Crippen LogP contribution in [0, 0.1) is 5.92 Å². The minimum Gasteiger partial charge on any atom is -0.476 e. The Morgan fingerprint density at radius 2 is 2.14 bits per heavy atom. The van der Waals surface area contributed by atoms with Crippen LogP contribution in [0.4, 0.5) is 5.82 Å². The molecule has 0 aliphatic heterocycles. The standard InChI is InChI=1S/C16H21N3O2/c1-2-11-6-8-12(9-7-11)17-15-14(16(20)21)19-10-4-3-5-13(19)18-15/h3-5,10-12,17H,2,6-9H2,1H3,(H,20,21). The molecule has 1 aliphatic rings. The first-order valence-electron chi connectivity index (χ1n) is 7.66. The molecule has 1 saturated carbocycles. The third-order valence-electron chi connectivity index (χ3n) is 4.50. The van der Waals surface area contributed by atoms with Crippen LogP contribution in [0.2, 0.25) is 0 Å². The molecule has 0 atom stereocenters. The van der Waals surface area contributed by atoms with E-state index in [1.165, 1.54) is 19.3 Å². The van der Waals surface area contributed by atoms with E-state index in [-0.39, 0.29) is 5.69 Å². The van der Waals surface area contributed by atoms with Crippen molar-refractivity contribution in [2.45, 2.75) is 45.1 Å². The van der Waals surface area contributed by atoms with E-state index in [2.05, 4.69) is 17.2 Å². The second-order valence-corrected chi connectivity index (χ2v) is 5.81. The number of hydrogen-bond donors (Lipinski definition) is 2. The van der Waals surface area contributed by atoms with Crippen molar-refractivity contribution >= 4 is 17.4 Å². The maximum absolute atomic E-state index is 11.5. The van der Waals surface area contributed by atoms with Crippen LogP contribution in [0.1, 0.15) is 49.5 Å². The zero-order valence-corrected chi connectivity index (χ0v) is 12.2. The normalized spacial score (nSPS) is 22.3. The van der Waals surface area contributed by atoms with E-state index >= 15 is 0 Å². The molecule has 0 amide bonds. The van der Waals surface area contributed by atoms with Gasteiger partial charge in [0, 0.05) is 12.2 Å². The van der Waals surface area contributed by atoms with Gasteiger partial charge < -0.3 is 10.4 Å². The lowest BCUT2D eigenvalue weighted by Gasteiger charge is -2.28. The summed E-state index contributed by atoms with van der Waals surface area (Å²) in [7, 11) is 0. The maximum atomic E-state index is 11.5. The maximum Gasteiger partial charge on any atom is 0.356 e. The number of nitrogens with zero attached hydrogens (tertiary/aromatic N) is 2. The largest absolute Gasteiger partial charge is 0.476 e. The lowest BCUT2D eigenvalue weighted by molar-refractivity contribution is 0.0690. The number of fused-ring (bicyclic) bond motifs is 1. The van der Waals surface area contributed by atoms with Gasteiger partial charge in [-0.05, 0) is 43.7 Å². The Hall–Kier alpha value is -2.04. The summed E-state index contributed by atoms with van der Waals surface area (Å²) in [5.74, 6) is 0.371. The molecule has 0 bridgehead atoms. The van der Waals surface area contributed by atoms with Gasteiger partial charge >= 0.3 is 5.97 Å². The first-order valence-corrected chi connectivity index (χ1v) is 7.66. The predicted octanol–water partition coefficient (Wildman–Crippen LogP) is 3.41. The summed E-state index contributed by atoms with van der Waals surface area (Å²) >= 11 is 0. The molecule has 0 radical (unpaired) electrons. The van der Waals surface area contributed by atoms with Crippen molar-refractivity contribution in [2.75, 3.05) is 5.32 Å². The van der Waals surface area contributed by atoms with Crippen LogP contribution >= 0.6 is 0 Å². The van der Waals surface area contributed by atoms with Crippen molar-refractivity contribution in [3.05, 3.63) is 30.1 Å². The highest BCUT2D eigenvalue weighted by Crippen LogP contribution is 2.29. The van der Waals surface area contributed by atoms with Crippen LogP contribution in [0.3, 0.4) is 0 Å². The number of aromatic nitrogens is 2. The van der Waals surface area contributed by atoms with Gasteiger partial charge in [0.2, 0.25) is 0 Å². The zero-order chi connectivity index (χ0) is 14.8. The fourth-order valence-corrected chi connectivity index (χ4v) is 3.21. The molecule has 1 aliphatic carbocycles. The molecule has 21 heavy (non-hydrogen) atoms. The summed E-state index contributed by atoms with van der Waals surface area (Å²) in [5, 5.41) is 12.8. The SMILES string of the molecule is CCC1CCC(Nc2nc3ccccn3c2C(=O)O)CC1. The summed E-state index contributed by atoms with van der Waals surface area (Å²) in [6, 6.07) is 5.84. The van der Waals surface area contributed by atoms with Crippen molar-refractivity contribution < 1.29 is 9.90 Å². The third kappa shape index (κ3) is 2.73. The predicted molar refractivity (Wildman–Crippen MR) is 81.8 cm³/mol. The summed E-state index contributed by atoms with van der Waals surface area (Å²) < 4.78 is 1.63. The molecule has 112 valence electrons. The number of hydrogen-bond acceptors (Lipinski definition) is 3. The Morgan fingerprint density at radius 3 is 2.81 bits per heavy atom. The van der Waals surface area contributed by atoms with Crippen molar-refractivity contribution in [2.24, 2.45) is 5.92 Å². The number of carbonyl (C=O) groups is 1. The number of imidazole rings is 1. The van der Waals surface area contributed by atoms with Gasteiger partial charge in [-0.3, -0.25) is 4.40 Å². The van der Waals surface area contributed by atoms with Crippen LogP contribution in [0.5, 0.6) is 0 Å². The second kappa shape index (κ2) is 5.76. The van der Waals surface area contributed by atoms with Crippen LogP contribution in [-0.2, 0) is 0 Å². The molecule has 1 fully saturated rings. The summed E-state index contributed by atoms with van der Waals surface area (Å²) in [6.45, 7) is 2.24. The minimum atomic E-state index is -0.946. The fraction of sp³-hybridized carbons (Fsp3) is 0.500. The molecule has 0 spiro atoms. The van der Waals surface area contributed by atoms with Crippen LogP contribution in [-0.4, -0.2) is 26.5 Å². The van der Waals surface area contributed by atoms with Crippen molar-refractivity contribution in [1.82, 2.24) is 9.38 Å². The van der Waals surface area contributed by atoms with Crippen molar-refractivity contribution in [3.8, 4) is 0 Å². The Balaban J connectivity index is 1.84. The van der Waals surface area contributed by atoms with Gasteiger partial charge in [-0.25, -0.2) is 9.78 Å². The number of pyridine rings is 1. The Kier molecular flexibility index (Phi) is 3.82. The summed E-state index contributed by atoms with van der Waals surface area (Å²) in [4.78, 5) is 16.0. The van der Waals surface area contributed by atoms with E-state index in [1.54, 1.807) is 10.6 Å². The Morgan fingerprint density at radius 1 is 1.38 bits per heavy atom. The molecule has 2 heterocycles. The fourth-order valence-electron chi connectivity index (χ4n) is 3.21. The number of carboxylic acids is 1. The highest BCUT2D eigenvalue weighted by Gasteiger charge is 2.24. The molecule has 0 aromatic carbocycles.